The van der Waals surface area contributed by atoms with Gasteiger partial charge in [-0.2, -0.15) is 0 Å². The molecule has 212 valence electrons. The zero-order valence-corrected chi connectivity index (χ0v) is 25.3. The second-order valence-electron chi connectivity index (χ2n) is 12.9. The van der Waals surface area contributed by atoms with Gasteiger partial charge >= 0.3 is 0 Å². The van der Waals surface area contributed by atoms with Gasteiger partial charge in [0, 0.05) is 38.3 Å². The highest BCUT2D eigenvalue weighted by Gasteiger charge is 2.40. The first-order valence-corrected chi connectivity index (χ1v) is 15.8. The summed E-state index contributed by atoms with van der Waals surface area (Å²) in [6.07, 6.45) is 0. The molecule has 2 nitrogen and oxygen atoms in total. The minimum Gasteiger partial charge on any atom is -0.309 e. The van der Waals surface area contributed by atoms with E-state index in [1.54, 1.807) is 0 Å². The highest BCUT2D eigenvalue weighted by atomic mass is 15.0. The van der Waals surface area contributed by atoms with Gasteiger partial charge in [-0.1, -0.05) is 123 Å². The SMILES string of the molecule is CC1(C)c2ccccc2-c2c1c1c(c3ccccc23)c2ccccc2n1-c1cccc(-n2c3ccccc3c3ccccc32)c1. The van der Waals surface area contributed by atoms with Crippen LogP contribution in [0.15, 0.2) is 146 Å². The number of aromatic nitrogens is 2. The maximum atomic E-state index is 2.54. The van der Waals surface area contributed by atoms with Crippen LogP contribution in [0.4, 0.5) is 0 Å². The van der Waals surface area contributed by atoms with E-state index < -0.39 is 0 Å². The predicted molar refractivity (Wildman–Crippen MR) is 190 cm³/mol. The first-order valence-electron chi connectivity index (χ1n) is 15.8. The number of benzene rings is 7. The van der Waals surface area contributed by atoms with Crippen molar-refractivity contribution in [2.75, 3.05) is 0 Å². The molecule has 45 heavy (non-hydrogen) atoms. The second kappa shape index (κ2) is 8.74. The predicted octanol–water partition coefficient (Wildman–Crippen LogP) is 11.3. The average Bonchev–Trinajstić information content (AvgIpc) is 3.69. The van der Waals surface area contributed by atoms with Gasteiger partial charge in [-0.3, -0.25) is 0 Å². The number of rotatable bonds is 2. The van der Waals surface area contributed by atoms with Crippen molar-refractivity contribution in [3.8, 4) is 22.5 Å². The van der Waals surface area contributed by atoms with Gasteiger partial charge in [0.05, 0.1) is 22.1 Å². The van der Waals surface area contributed by atoms with Crippen molar-refractivity contribution in [1.82, 2.24) is 9.13 Å². The molecule has 2 heteroatoms. The Hall–Kier alpha value is -5.60. The third kappa shape index (κ3) is 3.13. The van der Waals surface area contributed by atoms with E-state index in [1.165, 1.54) is 82.3 Å². The molecule has 10 rings (SSSR count). The highest BCUT2D eigenvalue weighted by Crippen LogP contribution is 2.56. The molecule has 0 amide bonds. The lowest BCUT2D eigenvalue weighted by molar-refractivity contribution is 0.664. The normalized spacial score (nSPS) is 13.7. The smallest absolute Gasteiger partial charge is 0.0594 e. The molecule has 0 unspecified atom stereocenters. The number of nitrogens with zero attached hydrogens (tertiary/aromatic N) is 2. The standard InChI is InChI=1S/C43H30N2/c1-43(2)35-22-9-5-20-33(35)39-31-18-3-4-19-32(31)40-34-21-8-12-25-38(34)45(42(40)41(39)43)28-15-13-14-27(26-28)44-36-23-10-6-16-29(36)30-17-7-11-24-37(30)44/h3-26H,1-2H3. The van der Waals surface area contributed by atoms with Crippen LogP contribution in [-0.2, 0) is 5.41 Å². The second-order valence-corrected chi connectivity index (χ2v) is 12.9. The summed E-state index contributed by atoms with van der Waals surface area (Å²) in [5, 5.41) is 7.83. The van der Waals surface area contributed by atoms with Gasteiger partial charge in [-0.15, -0.1) is 0 Å². The molecule has 0 bridgehead atoms. The summed E-state index contributed by atoms with van der Waals surface area (Å²) in [5.74, 6) is 0. The van der Waals surface area contributed by atoms with E-state index in [0.717, 1.165) is 5.69 Å². The number of para-hydroxylation sites is 3. The van der Waals surface area contributed by atoms with E-state index in [4.69, 9.17) is 0 Å². The number of hydrogen-bond acceptors (Lipinski definition) is 0. The molecule has 0 fully saturated rings. The summed E-state index contributed by atoms with van der Waals surface area (Å²) in [6.45, 7) is 4.81. The van der Waals surface area contributed by atoms with Crippen LogP contribution in [0.25, 0.3) is 76.9 Å². The lowest BCUT2D eigenvalue weighted by Gasteiger charge is -2.24. The molecule has 7 aromatic carbocycles. The molecule has 1 aliphatic rings. The fraction of sp³-hybridized carbons (Fsp3) is 0.0698. The van der Waals surface area contributed by atoms with Gasteiger partial charge in [0.2, 0.25) is 0 Å². The lowest BCUT2D eigenvalue weighted by atomic mass is 9.80. The Bertz CT molecular complexity index is 2630. The van der Waals surface area contributed by atoms with Crippen LogP contribution in [-0.4, -0.2) is 9.13 Å². The van der Waals surface area contributed by atoms with Crippen LogP contribution in [0.5, 0.6) is 0 Å². The van der Waals surface area contributed by atoms with E-state index in [0.29, 0.717) is 0 Å². The molecule has 9 aromatic rings. The van der Waals surface area contributed by atoms with Gasteiger partial charge in [-0.05, 0) is 69.4 Å². The quantitative estimate of drug-likeness (QED) is 0.194. The molecule has 2 heterocycles. The maximum absolute atomic E-state index is 2.54. The summed E-state index contributed by atoms with van der Waals surface area (Å²) in [4.78, 5) is 0. The van der Waals surface area contributed by atoms with E-state index in [1.807, 2.05) is 0 Å². The third-order valence-electron chi connectivity index (χ3n) is 10.2. The van der Waals surface area contributed by atoms with Crippen molar-refractivity contribution in [2.45, 2.75) is 19.3 Å². The average molecular weight is 575 g/mol. The minimum atomic E-state index is -0.162. The topological polar surface area (TPSA) is 9.86 Å². The number of hydrogen-bond donors (Lipinski definition) is 0. The largest absolute Gasteiger partial charge is 0.309 e. The third-order valence-corrected chi connectivity index (χ3v) is 10.2. The monoisotopic (exact) mass is 574 g/mol. The zero-order chi connectivity index (χ0) is 29.9. The molecule has 0 saturated heterocycles. The maximum Gasteiger partial charge on any atom is 0.0594 e. The fourth-order valence-corrected chi connectivity index (χ4v) is 8.43. The Labute approximate surface area is 261 Å². The Morgan fingerprint density at radius 3 is 1.64 bits per heavy atom. The minimum absolute atomic E-state index is 0.162. The van der Waals surface area contributed by atoms with Crippen molar-refractivity contribution in [2.24, 2.45) is 0 Å². The fourth-order valence-electron chi connectivity index (χ4n) is 8.43. The van der Waals surface area contributed by atoms with E-state index in [2.05, 4.69) is 169 Å². The molecule has 0 saturated carbocycles. The van der Waals surface area contributed by atoms with Crippen LogP contribution in [0.2, 0.25) is 0 Å². The first-order chi connectivity index (χ1) is 22.1. The highest BCUT2D eigenvalue weighted by molar-refractivity contribution is 6.27. The van der Waals surface area contributed by atoms with Gasteiger partial charge in [0.1, 0.15) is 0 Å². The number of fused-ring (bicyclic) bond motifs is 13. The Kier molecular flexibility index (Phi) is 4.82. The van der Waals surface area contributed by atoms with Gasteiger partial charge in [0.25, 0.3) is 0 Å². The molecule has 0 aliphatic heterocycles. The summed E-state index contributed by atoms with van der Waals surface area (Å²) >= 11 is 0. The first kappa shape index (κ1) is 24.8. The summed E-state index contributed by atoms with van der Waals surface area (Å²) in [6, 6.07) is 53.6. The van der Waals surface area contributed by atoms with Crippen LogP contribution < -0.4 is 0 Å². The Morgan fingerprint density at radius 1 is 0.444 bits per heavy atom. The van der Waals surface area contributed by atoms with Crippen LogP contribution in [0, 0.1) is 0 Å². The molecule has 1 aliphatic carbocycles. The van der Waals surface area contributed by atoms with Crippen LogP contribution in [0.3, 0.4) is 0 Å². The van der Waals surface area contributed by atoms with Crippen LogP contribution >= 0.6 is 0 Å². The van der Waals surface area contributed by atoms with Gasteiger partial charge < -0.3 is 9.13 Å². The molecule has 0 radical (unpaired) electrons. The molecule has 0 spiro atoms. The molecular formula is C43H30N2. The Balaban J connectivity index is 1.37. The van der Waals surface area contributed by atoms with Gasteiger partial charge in [0.15, 0.2) is 0 Å². The van der Waals surface area contributed by atoms with E-state index in [-0.39, 0.29) is 5.41 Å². The zero-order valence-electron chi connectivity index (χ0n) is 25.3. The van der Waals surface area contributed by atoms with Crippen molar-refractivity contribution >= 4 is 54.4 Å². The van der Waals surface area contributed by atoms with Crippen molar-refractivity contribution in [1.29, 1.82) is 0 Å². The van der Waals surface area contributed by atoms with Crippen molar-refractivity contribution in [3.63, 3.8) is 0 Å². The van der Waals surface area contributed by atoms with E-state index in [9.17, 15) is 0 Å². The summed E-state index contributed by atoms with van der Waals surface area (Å²) in [5.41, 5.74) is 12.7. The Morgan fingerprint density at radius 2 is 0.956 bits per heavy atom. The molecular weight excluding hydrogens is 544 g/mol. The summed E-state index contributed by atoms with van der Waals surface area (Å²) < 4.78 is 4.96. The van der Waals surface area contributed by atoms with Crippen LogP contribution in [0.1, 0.15) is 25.0 Å². The lowest BCUT2D eigenvalue weighted by Crippen LogP contribution is -2.16. The van der Waals surface area contributed by atoms with Crippen molar-refractivity contribution < 1.29 is 0 Å². The molecule has 0 N–H and O–H groups in total. The molecule has 0 atom stereocenters. The van der Waals surface area contributed by atoms with Crippen molar-refractivity contribution in [3.05, 3.63) is 157 Å². The van der Waals surface area contributed by atoms with E-state index >= 15 is 0 Å². The molecule has 2 aromatic heterocycles. The summed E-state index contributed by atoms with van der Waals surface area (Å²) in [7, 11) is 0. The van der Waals surface area contributed by atoms with Gasteiger partial charge in [-0.25, -0.2) is 0 Å².